The van der Waals surface area contributed by atoms with Crippen LogP contribution in [0.3, 0.4) is 0 Å². The highest BCUT2D eigenvalue weighted by molar-refractivity contribution is 9.09. The molecule has 0 bridgehead atoms. The number of ether oxygens (including phenoxy) is 2. The maximum absolute atomic E-state index is 6.19. The van der Waals surface area contributed by atoms with E-state index in [1.54, 1.807) is 6.08 Å². The molecular weight excluding hydrogens is 372 g/mol. The first-order chi connectivity index (χ1) is 9.15. The number of rotatable bonds is 3. The SMILES string of the molecule is C#CC=CC[C@@H]1O[C@@H]2C[C@H](Br)[C@H](CC)O[C@@H]2C[C@@H]1Br. The van der Waals surface area contributed by atoms with Crippen LogP contribution in [0.1, 0.15) is 32.6 Å². The van der Waals surface area contributed by atoms with Crippen molar-refractivity contribution >= 4 is 31.9 Å². The summed E-state index contributed by atoms with van der Waals surface area (Å²) in [5, 5.41) is 0. The number of terminal acetylenes is 1. The predicted molar refractivity (Wildman–Crippen MR) is 84.9 cm³/mol. The lowest BCUT2D eigenvalue weighted by atomic mass is 9.91. The monoisotopic (exact) mass is 390 g/mol. The second-order valence-corrected chi connectivity index (χ2v) is 7.49. The maximum atomic E-state index is 6.19. The zero-order valence-electron chi connectivity index (χ0n) is 11.1. The summed E-state index contributed by atoms with van der Waals surface area (Å²) in [6.07, 6.45) is 13.8. The Hall–Kier alpha value is 0.180. The Labute approximate surface area is 132 Å². The molecule has 0 aromatic carbocycles. The van der Waals surface area contributed by atoms with Crippen LogP contribution in [0.15, 0.2) is 12.2 Å². The van der Waals surface area contributed by atoms with Crippen molar-refractivity contribution in [3.05, 3.63) is 12.2 Å². The lowest BCUT2D eigenvalue weighted by Gasteiger charge is -2.45. The minimum absolute atomic E-state index is 0.187. The van der Waals surface area contributed by atoms with Crippen LogP contribution in [0.5, 0.6) is 0 Å². The van der Waals surface area contributed by atoms with Crippen LogP contribution in [-0.4, -0.2) is 34.1 Å². The highest BCUT2D eigenvalue weighted by Gasteiger charge is 2.43. The molecule has 0 amide bonds. The number of halogens is 2. The van der Waals surface area contributed by atoms with E-state index >= 15 is 0 Å². The fourth-order valence-corrected chi connectivity index (χ4v) is 4.36. The van der Waals surface area contributed by atoms with E-state index in [4.69, 9.17) is 15.9 Å². The molecule has 106 valence electrons. The van der Waals surface area contributed by atoms with Crippen LogP contribution < -0.4 is 0 Å². The molecule has 0 spiro atoms. The van der Waals surface area contributed by atoms with Gasteiger partial charge in [-0.05, 0) is 31.8 Å². The van der Waals surface area contributed by atoms with Crippen molar-refractivity contribution in [2.75, 3.05) is 0 Å². The van der Waals surface area contributed by atoms with E-state index in [-0.39, 0.29) is 18.3 Å². The van der Waals surface area contributed by atoms with E-state index < -0.39 is 0 Å². The Morgan fingerprint density at radius 1 is 1.16 bits per heavy atom. The molecule has 0 aliphatic carbocycles. The average molecular weight is 392 g/mol. The van der Waals surface area contributed by atoms with Crippen LogP contribution in [-0.2, 0) is 9.47 Å². The van der Waals surface area contributed by atoms with Gasteiger partial charge in [-0.15, -0.1) is 6.42 Å². The van der Waals surface area contributed by atoms with E-state index in [0.29, 0.717) is 15.8 Å². The molecule has 0 aromatic rings. The molecule has 2 heterocycles. The lowest BCUT2D eigenvalue weighted by Crippen LogP contribution is -2.53. The van der Waals surface area contributed by atoms with Crippen LogP contribution in [0, 0.1) is 12.3 Å². The second kappa shape index (κ2) is 7.26. The summed E-state index contributed by atoms with van der Waals surface area (Å²) in [7, 11) is 0. The first-order valence-corrected chi connectivity index (χ1v) is 8.69. The summed E-state index contributed by atoms with van der Waals surface area (Å²) in [4.78, 5) is 0.730. The molecule has 2 aliphatic heterocycles. The third-order valence-corrected chi connectivity index (χ3v) is 5.75. The van der Waals surface area contributed by atoms with Crippen molar-refractivity contribution in [3.63, 3.8) is 0 Å². The van der Waals surface area contributed by atoms with Gasteiger partial charge in [0.05, 0.1) is 24.4 Å². The first-order valence-electron chi connectivity index (χ1n) is 6.85. The van der Waals surface area contributed by atoms with Gasteiger partial charge in [-0.1, -0.05) is 50.8 Å². The Morgan fingerprint density at radius 2 is 1.74 bits per heavy atom. The van der Waals surface area contributed by atoms with Gasteiger partial charge in [0.25, 0.3) is 0 Å². The van der Waals surface area contributed by atoms with Gasteiger partial charge in [0, 0.05) is 9.65 Å². The molecule has 19 heavy (non-hydrogen) atoms. The minimum Gasteiger partial charge on any atom is -0.371 e. The molecule has 2 rings (SSSR count). The molecule has 2 nitrogen and oxygen atoms in total. The van der Waals surface area contributed by atoms with E-state index in [1.165, 1.54) is 0 Å². The zero-order chi connectivity index (χ0) is 13.8. The molecule has 6 atom stereocenters. The Bertz CT molecular complexity index is 364. The normalized spacial score (nSPS) is 42.8. The molecule has 2 fully saturated rings. The molecule has 4 heteroatoms. The molecule has 0 N–H and O–H groups in total. The van der Waals surface area contributed by atoms with Gasteiger partial charge in [0.2, 0.25) is 0 Å². The van der Waals surface area contributed by atoms with Crippen molar-refractivity contribution < 1.29 is 9.47 Å². The molecule has 0 aromatic heterocycles. The Morgan fingerprint density at radius 3 is 2.32 bits per heavy atom. The summed E-state index contributed by atoms with van der Waals surface area (Å²) < 4.78 is 12.3. The number of fused-ring (bicyclic) bond motifs is 1. The van der Waals surface area contributed by atoms with Gasteiger partial charge >= 0.3 is 0 Å². The van der Waals surface area contributed by atoms with Gasteiger partial charge in [-0.2, -0.15) is 0 Å². The largest absolute Gasteiger partial charge is 0.371 e. The van der Waals surface area contributed by atoms with Gasteiger partial charge in [0.1, 0.15) is 0 Å². The van der Waals surface area contributed by atoms with Gasteiger partial charge in [-0.3, -0.25) is 0 Å². The second-order valence-electron chi connectivity index (χ2n) is 5.14. The number of alkyl halides is 2. The Kier molecular flexibility index (Phi) is 5.95. The molecule has 2 aliphatic rings. The summed E-state index contributed by atoms with van der Waals surface area (Å²) in [5.41, 5.74) is 0. The third kappa shape index (κ3) is 3.85. The highest BCUT2D eigenvalue weighted by atomic mass is 79.9. The smallest absolute Gasteiger partial charge is 0.0853 e. The van der Waals surface area contributed by atoms with Crippen LogP contribution in [0.25, 0.3) is 0 Å². The van der Waals surface area contributed by atoms with Gasteiger partial charge in [-0.25, -0.2) is 0 Å². The van der Waals surface area contributed by atoms with Crippen molar-refractivity contribution in [2.45, 2.75) is 66.7 Å². The standard InChI is InChI=1S/C15H20Br2O2/c1-3-5-6-7-13-11(17)9-14-15(19-13)8-10(16)12(4-2)18-14/h1,5-6,10-15H,4,7-9H2,2H3/t10-,11-,12-,13-,14+,15+/m0/s1. The van der Waals surface area contributed by atoms with Crippen LogP contribution >= 0.6 is 31.9 Å². The number of hydrogen-bond acceptors (Lipinski definition) is 2. The summed E-state index contributed by atoms with van der Waals surface area (Å²) in [6, 6.07) is 0. The summed E-state index contributed by atoms with van der Waals surface area (Å²) >= 11 is 7.44. The van der Waals surface area contributed by atoms with Crippen LogP contribution in [0.4, 0.5) is 0 Å². The van der Waals surface area contributed by atoms with Crippen molar-refractivity contribution in [2.24, 2.45) is 0 Å². The molecule has 0 radical (unpaired) electrons. The van der Waals surface area contributed by atoms with Gasteiger partial charge < -0.3 is 9.47 Å². The molecule has 2 saturated heterocycles. The van der Waals surface area contributed by atoms with E-state index in [9.17, 15) is 0 Å². The highest BCUT2D eigenvalue weighted by Crippen LogP contribution is 2.38. The lowest BCUT2D eigenvalue weighted by molar-refractivity contribution is -0.180. The Balaban J connectivity index is 1.95. The van der Waals surface area contributed by atoms with E-state index in [1.807, 2.05) is 6.08 Å². The quantitative estimate of drug-likeness (QED) is 0.537. The topological polar surface area (TPSA) is 18.5 Å². The van der Waals surface area contributed by atoms with E-state index in [0.717, 1.165) is 25.7 Å². The summed E-state index contributed by atoms with van der Waals surface area (Å²) in [5.74, 6) is 2.52. The van der Waals surface area contributed by atoms with Crippen molar-refractivity contribution in [3.8, 4) is 12.3 Å². The first kappa shape index (κ1) is 15.6. The van der Waals surface area contributed by atoms with Crippen molar-refractivity contribution in [1.82, 2.24) is 0 Å². The molecular formula is C15H20Br2O2. The van der Waals surface area contributed by atoms with Gasteiger partial charge in [0.15, 0.2) is 0 Å². The van der Waals surface area contributed by atoms with Crippen LogP contribution in [0.2, 0.25) is 0 Å². The number of allylic oxidation sites excluding steroid dienone is 1. The predicted octanol–water partition coefficient (Wildman–Crippen LogP) is 3.82. The number of hydrogen-bond donors (Lipinski definition) is 0. The minimum atomic E-state index is 0.187. The summed E-state index contributed by atoms with van der Waals surface area (Å²) in [6.45, 7) is 2.17. The third-order valence-electron chi connectivity index (χ3n) is 3.82. The zero-order valence-corrected chi connectivity index (χ0v) is 14.3. The maximum Gasteiger partial charge on any atom is 0.0853 e. The fourth-order valence-electron chi connectivity index (χ4n) is 2.78. The van der Waals surface area contributed by atoms with E-state index in [2.05, 4.69) is 44.7 Å². The van der Waals surface area contributed by atoms with Crippen molar-refractivity contribution in [1.29, 1.82) is 0 Å². The average Bonchev–Trinajstić information content (AvgIpc) is 2.39. The molecule has 0 unspecified atom stereocenters. The molecule has 0 saturated carbocycles. The fraction of sp³-hybridized carbons (Fsp3) is 0.733.